The van der Waals surface area contributed by atoms with Gasteiger partial charge in [-0.05, 0) is 25.0 Å². The molecule has 88 valence electrons. The monoisotopic (exact) mass is 245 g/mol. The average molecular weight is 245 g/mol. The van der Waals surface area contributed by atoms with Crippen LogP contribution in [0.5, 0.6) is 5.75 Å². The second-order valence-corrected chi connectivity index (χ2v) is 4.44. The van der Waals surface area contributed by atoms with E-state index in [-0.39, 0.29) is 5.75 Å². The van der Waals surface area contributed by atoms with E-state index in [2.05, 4.69) is 4.18 Å². The van der Waals surface area contributed by atoms with Gasteiger partial charge in [0.05, 0.1) is 0 Å². The lowest BCUT2D eigenvalue weighted by Gasteiger charge is -2.10. The highest BCUT2D eigenvalue weighted by Gasteiger charge is 2.18. The minimum Gasteiger partial charge on any atom is -0.464 e. The molecule has 0 saturated heterocycles. The van der Waals surface area contributed by atoms with Crippen LogP contribution in [0.15, 0.2) is 18.2 Å². The second-order valence-electron chi connectivity index (χ2n) is 3.17. The summed E-state index contributed by atoms with van der Waals surface area (Å²) in [6.45, 7) is 3.33. The molecule has 0 aliphatic rings. The minimum absolute atomic E-state index is 0.135. The molecule has 0 fully saturated rings. The lowest BCUT2D eigenvalue weighted by Crippen LogP contribution is -2.32. The van der Waals surface area contributed by atoms with E-state index in [0.717, 1.165) is 0 Å². The number of aryl methyl sites for hydroxylation is 2. The van der Waals surface area contributed by atoms with Crippen molar-refractivity contribution in [2.75, 3.05) is 0 Å². The quantitative estimate of drug-likeness (QED) is 0.834. The van der Waals surface area contributed by atoms with E-state index in [4.69, 9.17) is 5.11 Å². The SMILES string of the molecule is Cc1cccc(C)c1OS(=O)(=O)NC(=O)O. The highest BCUT2D eigenvalue weighted by Crippen LogP contribution is 2.23. The molecule has 0 bridgehead atoms. The summed E-state index contributed by atoms with van der Waals surface area (Å²) in [5.74, 6) is 0.135. The first-order valence-corrected chi connectivity index (χ1v) is 5.74. The van der Waals surface area contributed by atoms with Gasteiger partial charge in [0.25, 0.3) is 0 Å². The summed E-state index contributed by atoms with van der Waals surface area (Å²) in [6.07, 6.45) is -1.69. The Balaban J connectivity index is 3.01. The van der Waals surface area contributed by atoms with Gasteiger partial charge >= 0.3 is 16.4 Å². The van der Waals surface area contributed by atoms with Gasteiger partial charge in [-0.3, -0.25) is 0 Å². The number of carboxylic acid groups (broad SMARTS) is 1. The molecular weight excluding hydrogens is 234 g/mol. The van der Waals surface area contributed by atoms with Crippen LogP contribution in [0.4, 0.5) is 4.79 Å². The lowest BCUT2D eigenvalue weighted by molar-refractivity contribution is 0.200. The van der Waals surface area contributed by atoms with Crippen molar-refractivity contribution in [1.29, 1.82) is 0 Å². The predicted molar refractivity (Wildman–Crippen MR) is 56.6 cm³/mol. The van der Waals surface area contributed by atoms with Crippen molar-refractivity contribution in [2.24, 2.45) is 0 Å². The molecule has 6 nitrogen and oxygen atoms in total. The molecule has 1 amide bonds. The van der Waals surface area contributed by atoms with Gasteiger partial charge in [-0.25, -0.2) is 4.79 Å². The Kier molecular flexibility index (Phi) is 3.38. The Morgan fingerprint density at radius 2 is 1.81 bits per heavy atom. The van der Waals surface area contributed by atoms with Crippen molar-refractivity contribution >= 4 is 16.4 Å². The summed E-state index contributed by atoms with van der Waals surface area (Å²) < 4.78 is 28.3. The first kappa shape index (κ1) is 12.3. The van der Waals surface area contributed by atoms with Crippen LogP contribution < -0.4 is 8.91 Å². The molecule has 1 rings (SSSR count). The number of benzene rings is 1. The smallest absolute Gasteiger partial charge is 0.421 e. The van der Waals surface area contributed by atoms with Crippen LogP contribution in [0.3, 0.4) is 0 Å². The molecule has 0 aliphatic carbocycles. The summed E-state index contributed by atoms with van der Waals surface area (Å²) in [5, 5.41) is 8.30. The van der Waals surface area contributed by atoms with E-state index < -0.39 is 16.4 Å². The lowest BCUT2D eigenvalue weighted by atomic mass is 10.1. The van der Waals surface area contributed by atoms with E-state index in [1.807, 2.05) is 0 Å². The molecular formula is C9H11NO5S. The number of rotatable bonds is 3. The highest BCUT2D eigenvalue weighted by molar-refractivity contribution is 7.85. The Labute approximate surface area is 93.1 Å². The molecule has 0 atom stereocenters. The van der Waals surface area contributed by atoms with Gasteiger partial charge in [0, 0.05) is 0 Å². The van der Waals surface area contributed by atoms with Crippen LogP contribution in [-0.2, 0) is 10.3 Å². The number of hydrogen-bond acceptors (Lipinski definition) is 4. The summed E-state index contributed by atoms with van der Waals surface area (Å²) in [7, 11) is -4.33. The molecule has 0 aliphatic heterocycles. The molecule has 0 heterocycles. The van der Waals surface area contributed by atoms with Crippen LogP contribution >= 0.6 is 0 Å². The second kappa shape index (κ2) is 4.40. The Bertz CT molecular complexity index is 488. The van der Waals surface area contributed by atoms with E-state index in [1.165, 1.54) is 4.72 Å². The Hall–Kier alpha value is -1.76. The maximum atomic E-state index is 11.2. The van der Waals surface area contributed by atoms with E-state index in [0.29, 0.717) is 11.1 Å². The van der Waals surface area contributed by atoms with Crippen LogP contribution in [0.25, 0.3) is 0 Å². The molecule has 0 unspecified atom stereocenters. The fourth-order valence-electron chi connectivity index (χ4n) is 1.17. The standard InChI is InChI=1S/C9H11NO5S/c1-6-4-3-5-7(2)8(6)15-16(13,14)10-9(11)12/h3-5,10H,1-2H3,(H,11,12). The van der Waals surface area contributed by atoms with Crippen molar-refractivity contribution in [3.63, 3.8) is 0 Å². The summed E-state index contributed by atoms with van der Waals surface area (Å²) in [6, 6.07) is 5.08. The van der Waals surface area contributed by atoms with Crippen molar-refractivity contribution < 1.29 is 22.5 Å². The van der Waals surface area contributed by atoms with E-state index in [9.17, 15) is 13.2 Å². The van der Waals surface area contributed by atoms with Gasteiger partial charge in [-0.15, -0.1) is 0 Å². The maximum absolute atomic E-state index is 11.2. The van der Waals surface area contributed by atoms with E-state index >= 15 is 0 Å². The fourth-order valence-corrected chi connectivity index (χ4v) is 1.91. The van der Waals surface area contributed by atoms with Crippen molar-refractivity contribution in [3.05, 3.63) is 29.3 Å². The first-order chi connectivity index (χ1) is 7.32. The van der Waals surface area contributed by atoms with Crippen molar-refractivity contribution in [1.82, 2.24) is 4.72 Å². The third-order valence-electron chi connectivity index (χ3n) is 1.81. The predicted octanol–water partition coefficient (Wildman–Crippen LogP) is 1.19. The fraction of sp³-hybridized carbons (Fsp3) is 0.222. The number of hydrogen-bond donors (Lipinski definition) is 2. The van der Waals surface area contributed by atoms with E-state index in [1.54, 1.807) is 32.0 Å². The van der Waals surface area contributed by atoms with Crippen LogP contribution in [0, 0.1) is 13.8 Å². The van der Waals surface area contributed by atoms with Crippen LogP contribution in [0.1, 0.15) is 11.1 Å². The van der Waals surface area contributed by atoms with Crippen LogP contribution in [-0.4, -0.2) is 19.6 Å². The third kappa shape index (κ3) is 3.13. The van der Waals surface area contributed by atoms with Gasteiger partial charge < -0.3 is 9.29 Å². The van der Waals surface area contributed by atoms with Gasteiger partial charge in [-0.1, -0.05) is 18.2 Å². The van der Waals surface area contributed by atoms with Crippen molar-refractivity contribution in [2.45, 2.75) is 13.8 Å². The molecule has 0 radical (unpaired) electrons. The van der Waals surface area contributed by atoms with Gasteiger partial charge in [-0.2, -0.15) is 13.1 Å². The average Bonchev–Trinajstić information content (AvgIpc) is 2.09. The topological polar surface area (TPSA) is 92.7 Å². The highest BCUT2D eigenvalue weighted by atomic mass is 32.2. The zero-order valence-corrected chi connectivity index (χ0v) is 9.54. The Morgan fingerprint density at radius 1 is 1.31 bits per heavy atom. The maximum Gasteiger partial charge on any atom is 0.421 e. The molecule has 1 aromatic carbocycles. The normalized spacial score (nSPS) is 10.9. The largest absolute Gasteiger partial charge is 0.464 e. The third-order valence-corrected chi connectivity index (χ3v) is 2.62. The van der Waals surface area contributed by atoms with Gasteiger partial charge in [0.2, 0.25) is 0 Å². The number of carbonyl (C=O) groups is 1. The summed E-state index contributed by atoms with van der Waals surface area (Å²) >= 11 is 0. The van der Waals surface area contributed by atoms with Gasteiger partial charge in [0.15, 0.2) is 0 Å². The number of amides is 1. The molecule has 0 saturated carbocycles. The first-order valence-electron chi connectivity index (χ1n) is 4.33. The zero-order chi connectivity index (χ0) is 12.3. The summed E-state index contributed by atoms with van der Waals surface area (Å²) in [5.41, 5.74) is 1.21. The number of para-hydroxylation sites is 1. The molecule has 0 aromatic heterocycles. The number of nitrogens with one attached hydrogen (secondary N) is 1. The zero-order valence-electron chi connectivity index (χ0n) is 8.72. The van der Waals surface area contributed by atoms with Crippen molar-refractivity contribution in [3.8, 4) is 5.75 Å². The Morgan fingerprint density at radius 3 is 2.25 bits per heavy atom. The minimum atomic E-state index is -4.33. The molecule has 7 heteroatoms. The molecule has 2 N–H and O–H groups in total. The molecule has 0 spiro atoms. The molecule has 16 heavy (non-hydrogen) atoms. The summed E-state index contributed by atoms with van der Waals surface area (Å²) in [4.78, 5) is 10.2. The van der Waals surface area contributed by atoms with Crippen LogP contribution in [0.2, 0.25) is 0 Å². The van der Waals surface area contributed by atoms with Gasteiger partial charge in [0.1, 0.15) is 5.75 Å². The molecule has 1 aromatic rings.